The van der Waals surface area contributed by atoms with Crippen LogP contribution in [0.25, 0.3) is 0 Å². The van der Waals surface area contributed by atoms with Gasteiger partial charge in [0.05, 0.1) is 18.8 Å². The van der Waals surface area contributed by atoms with E-state index in [-0.39, 0.29) is 12.5 Å². The molecule has 0 bridgehead atoms. The number of unbranched alkanes of at least 4 members (excludes halogenated alkanes) is 46. The molecule has 4 nitrogen and oxygen atoms in total. The summed E-state index contributed by atoms with van der Waals surface area (Å²) in [6, 6.07) is -0.533. The summed E-state index contributed by atoms with van der Waals surface area (Å²) in [5.74, 6) is -0.0231. The molecule has 0 aromatic heterocycles. The zero-order valence-corrected chi connectivity index (χ0v) is 43.4. The highest BCUT2D eigenvalue weighted by Gasteiger charge is 2.20. The van der Waals surface area contributed by atoms with Gasteiger partial charge < -0.3 is 15.5 Å². The third kappa shape index (κ3) is 52.0. The Morgan fingerprint density at radius 1 is 0.365 bits per heavy atom. The lowest BCUT2D eigenvalue weighted by Gasteiger charge is -2.22. The van der Waals surface area contributed by atoms with Crippen LogP contribution in [0.4, 0.5) is 0 Å². The van der Waals surface area contributed by atoms with Gasteiger partial charge >= 0.3 is 0 Å². The number of carbonyl (C=O) groups is 1. The molecule has 0 aromatic rings. The van der Waals surface area contributed by atoms with Crippen molar-refractivity contribution in [1.82, 2.24) is 5.32 Å². The van der Waals surface area contributed by atoms with E-state index in [1.165, 1.54) is 289 Å². The maximum atomic E-state index is 12.5. The molecule has 0 radical (unpaired) electrons. The summed E-state index contributed by atoms with van der Waals surface area (Å²) in [6.45, 7) is 4.40. The van der Waals surface area contributed by atoms with Gasteiger partial charge in [-0.25, -0.2) is 0 Å². The zero-order chi connectivity index (χ0) is 45.6. The van der Waals surface area contributed by atoms with Crippen LogP contribution in [0.5, 0.6) is 0 Å². The first-order chi connectivity index (χ1) is 31.2. The molecule has 1 amide bonds. The molecule has 0 heterocycles. The largest absolute Gasteiger partial charge is 0.394 e. The Morgan fingerprint density at radius 3 is 0.873 bits per heavy atom. The van der Waals surface area contributed by atoms with Crippen LogP contribution in [0.15, 0.2) is 12.2 Å². The zero-order valence-electron chi connectivity index (χ0n) is 43.4. The lowest BCUT2D eigenvalue weighted by molar-refractivity contribution is -0.123. The summed E-state index contributed by atoms with van der Waals surface area (Å²) in [7, 11) is 0. The molecule has 0 saturated heterocycles. The molecule has 0 spiro atoms. The summed E-state index contributed by atoms with van der Waals surface area (Å²) in [5.41, 5.74) is 0. The van der Waals surface area contributed by atoms with Gasteiger partial charge in [-0.15, -0.1) is 0 Å². The highest BCUT2D eigenvalue weighted by atomic mass is 16.3. The van der Waals surface area contributed by atoms with E-state index in [0.29, 0.717) is 12.8 Å². The van der Waals surface area contributed by atoms with Crippen LogP contribution < -0.4 is 5.32 Å². The minimum Gasteiger partial charge on any atom is -0.394 e. The maximum Gasteiger partial charge on any atom is 0.220 e. The van der Waals surface area contributed by atoms with Crippen LogP contribution in [-0.2, 0) is 4.79 Å². The number of amides is 1. The molecule has 3 N–H and O–H groups in total. The van der Waals surface area contributed by atoms with E-state index in [1.54, 1.807) is 0 Å². The van der Waals surface area contributed by atoms with Crippen molar-refractivity contribution in [2.75, 3.05) is 6.61 Å². The molecule has 2 atom stereocenters. The van der Waals surface area contributed by atoms with E-state index in [0.717, 1.165) is 25.7 Å². The van der Waals surface area contributed by atoms with Crippen molar-refractivity contribution >= 4 is 5.91 Å². The van der Waals surface area contributed by atoms with E-state index < -0.39 is 12.1 Å². The lowest BCUT2D eigenvalue weighted by atomic mass is 10.0. The molecular formula is C59H117NO3. The third-order valence-electron chi connectivity index (χ3n) is 14.0. The van der Waals surface area contributed by atoms with E-state index in [1.807, 2.05) is 0 Å². The van der Waals surface area contributed by atoms with Crippen LogP contribution >= 0.6 is 0 Å². The van der Waals surface area contributed by atoms with Crippen molar-refractivity contribution in [1.29, 1.82) is 0 Å². The van der Waals surface area contributed by atoms with Gasteiger partial charge in [0, 0.05) is 6.42 Å². The van der Waals surface area contributed by atoms with Crippen molar-refractivity contribution in [3.8, 4) is 0 Å². The summed E-state index contributed by atoms with van der Waals surface area (Å²) in [5, 5.41) is 23.4. The van der Waals surface area contributed by atoms with Gasteiger partial charge in [-0.05, 0) is 38.5 Å². The molecule has 4 heteroatoms. The monoisotopic (exact) mass is 888 g/mol. The van der Waals surface area contributed by atoms with Crippen LogP contribution in [0.1, 0.15) is 341 Å². The van der Waals surface area contributed by atoms with E-state index in [9.17, 15) is 15.0 Å². The standard InChI is InChI=1S/C59H117NO3/c1-3-5-7-9-11-13-15-17-19-21-23-25-26-27-28-29-30-31-32-33-34-35-37-39-41-43-45-47-49-51-53-55-59(63)60-57(56-61)58(62)54-52-50-48-46-44-42-40-38-36-24-22-20-18-16-14-12-10-8-6-4-2/h21,23,57-58,61-62H,3-20,22,24-56H2,1-2H3,(H,60,63)/b23-21-. The second kappa shape index (κ2) is 55.5. The molecule has 0 saturated carbocycles. The molecule has 2 unspecified atom stereocenters. The number of rotatable bonds is 55. The molecule has 0 fully saturated rings. The van der Waals surface area contributed by atoms with Gasteiger partial charge in [0.2, 0.25) is 5.91 Å². The fourth-order valence-electron chi connectivity index (χ4n) is 9.54. The Morgan fingerprint density at radius 2 is 0.603 bits per heavy atom. The van der Waals surface area contributed by atoms with Crippen molar-refractivity contribution < 1.29 is 15.0 Å². The van der Waals surface area contributed by atoms with Crippen LogP contribution in [-0.4, -0.2) is 34.9 Å². The predicted octanol–water partition coefficient (Wildman–Crippen LogP) is 19.3. The topological polar surface area (TPSA) is 69.6 Å². The van der Waals surface area contributed by atoms with Crippen LogP contribution in [0.3, 0.4) is 0 Å². The molecular weight excluding hydrogens is 771 g/mol. The van der Waals surface area contributed by atoms with Gasteiger partial charge in [-0.3, -0.25) is 4.79 Å². The third-order valence-corrected chi connectivity index (χ3v) is 14.0. The molecule has 0 aliphatic heterocycles. The van der Waals surface area contributed by atoms with Crippen LogP contribution in [0, 0.1) is 0 Å². The molecule has 0 rings (SSSR count). The van der Waals surface area contributed by atoms with E-state index in [2.05, 4.69) is 31.3 Å². The van der Waals surface area contributed by atoms with Crippen molar-refractivity contribution in [2.45, 2.75) is 353 Å². The second-order valence-corrected chi connectivity index (χ2v) is 20.4. The molecule has 63 heavy (non-hydrogen) atoms. The molecule has 0 aliphatic rings. The first-order valence-electron chi connectivity index (χ1n) is 29.4. The minimum absolute atomic E-state index is 0.0231. The molecule has 0 aliphatic carbocycles. The highest BCUT2D eigenvalue weighted by Crippen LogP contribution is 2.18. The number of carbonyl (C=O) groups excluding carboxylic acids is 1. The van der Waals surface area contributed by atoms with E-state index >= 15 is 0 Å². The summed E-state index contributed by atoms with van der Waals surface area (Å²) in [4.78, 5) is 12.5. The van der Waals surface area contributed by atoms with Crippen molar-refractivity contribution in [2.24, 2.45) is 0 Å². The lowest BCUT2D eigenvalue weighted by Crippen LogP contribution is -2.45. The average Bonchev–Trinajstić information content (AvgIpc) is 3.29. The first kappa shape index (κ1) is 62.1. The number of hydrogen-bond acceptors (Lipinski definition) is 3. The van der Waals surface area contributed by atoms with Crippen molar-refractivity contribution in [3.05, 3.63) is 12.2 Å². The maximum absolute atomic E-state index is 12.5. The second-order valence-electron chi connectivity index (χ2n) is 20.4. The quantitative estimate of drug-likeness (QED) is 0.0421. The number of aliphatic hydroxyl groups excluding tert-OH is 2. The van der Waals surface area contributed by atoms with Gasteiger partial charge in [-0.2, -0.15) is 0 Å². The predicted molar refractivity (Wildman–Crippen MR) is 281 cm³/mol. The van der Waals surface area contributed by atoms with E-state index in [4.69, 9.17) is 0 Å². The molecule has 376 valence electrons. The van der Waals surface area contributed by atoms with Crippen LogP contribution in [0.2, 0.25) is 0 Å². The summed E-state index contributed by atoms with van der Waals surface area (Å²) >= 11 is 0. The van der Waals surface area contributed by atoms with Crippen molar-refractivity contribution in [3.63, 3.8) is 0 Å². The summed E-state index contributed by atoms with van der Waals surface area (Å²) < 4.78 is 0. The minimum atomic E-state index is -0.656. The normalized spacial score (nSPS) is 12.8. The Kier molecular flexibility index (Phi) is 54.7. The van der Waals surface area contributed by atoms with Gasteiger partial charge in [-0.1, -0.05) is 309 Å². The average molecular weight is 889 g/mol. The Hall–Kier alpha value is -0.870. The Bertz CT molecular complexity index is 875. The highest BCUT2D eigenvalue weighted by molar-refractivity contribution is 5.76. The Labute approximate surface area is 397 Å². The molecule has 0 aromatic carbocycles. The first-order valence-corrected chi connectivity index (χ1v) is 29.4. The van der Waals surface area contributed by atoms with Gasteiger partial charge in [0.15, 0.2) is 0 Å². The SMILES string of the molecule is CCCCCCCCCC/C=C\CCCCCCCCCCCCCCCCCCCCCC(=O)NC(CO)C(O)CCCCCCCCCCCCCCCCCCCCCC. The van der Waals surface area contributed by atoms with Gasteiger partial charge in [0.25, 0.3) is 0 Å². The number of nitrogens with one attached hydrogen (secondary N) is 1. The Balaban J connectivity index is 3.39. The smallest absolute Gasteiger partial charge is 0.220 e. The number of hydrogen-bond donors (Lipinski definition) is 3. The van der Waals surface area contributed by atoms with Gasteiger partial charge in [0.1, 0.15) is 0 Å². The number of allylic oxidation sites excluding steroid dienone is 2. The fourth-order valence-corrected chi connectivity index (χ4v) is 9.54. The fraction of sp³-hybridized carbons (Fsp3) is 0.949. The number of aliphatic hydroxyl groups is 2. The summed E-state index contributed by atoms with van der Waals surface area (Å²) in [6.07, 6.45) is 72.1.